The zero-order chi connectivity index (χ0) is 20.2. The van der Waals surface area contributed by atoms with Gasteiger partial charge in [0.15, 0.2) is 0 Å². The first-order chi connectivity index (χ1) is 12.7. The maximum atomic E-state index is 12.6. The number of carbonyl (C=O) groups is 1. The van der Waals surface area contributed by atoms with Gasteiger partial charge in [0.05, 0.1) is 27.0 Å². The van der Waals surface area contributed by atoms with Crippen molar-refractivity contribution in [3.63, 3.8) is 0 Å². The van der Waals surface area contributed by atoms with E-state index in [1.54, 1.807) is 18.2 Å². The predicted molar refractivity (Wildman–Crippen MR) is 101 cm³/mol. The highest BCUT2D eigenvalue weighted by atomic mass is 32.2. The zero-order valence-electron chi connectivity index (χ0n) is 15.8. The van der Waals surface area contributed by atoms with Gasteiger partial charge in [-0.25, -0.2) is 12.7 Å². The van der Waals surface area contributed by atoms with Crippen LogP contribution in [0.1, 0.15) is 10.4 Å². The Kier molecular flexibility index (Phi) is 6.29. The molecule has 0 aliphatic rings. The average Bonchev–Trinajstić information content (AvgIpc) is 2.67. The Hall–Kier alpha value is -2.78. The molecule has 0 fully saturated rings. The van der Waals surface area contributed by atoms with Crippen molar-refractivity contribution >= 4 is 21.6 Å². The number of nitrogens with zero attached hydrogens (tertiary/aromatic N) is 1. The summed E-state index contributed by atoms with van der Waals surface area (Å²) in [6, 6.07) is 9.14. The van der Waals surface area contributed by atoms with Gasteiger partial charge >= 0.3 is 0 Å². The van der Waals surface area contributed by atoms with Crippen LogP contribution in [0.5, 0.6) is 17.2 Å². The van der Waals surface area contributed by atoms with Crippen molar-refractivity contribution in [2.75, 3.05) is 40.7 Å². The van der Waals surface area contributed by atoms with Crippen LogP contribution >= 0.6 is 0 Å². The molecule has 0 heterocycles. The fourth-order valence-corrected chi connectivity index (χ4v) is 3.39. The lowest BCUT2D eigenvalue weighted by molar-refractivity contribution is 0.102. The second kappa shape index (κ2) is 8.28. The molecule has 2 aromatic rings. The third kappa shape index (κ3) is 4.32. The van der Waals surface area contributed by atoms with E-state index in [2.05, 4.69) is 5.32 Å². The number of amides is 1. The molecular weight excluding hydrogens is 372 g/mol. The highest BCUT2D eigenvalue weighted by Crippen LogP contribution is 2.31. The molecule has 9 heteroatoms. The lowest BCUT2D eigenvalue weighted by atomic mass is 10.2. The van der Waals surface area contributed by atoms with Crippen molar-refractivity contribution in [1.82, 2.24) is 4.31 Å². The summed E-state index contributed by atoms with van der Waals surface area (Å²) in [7, 11) is 3.39. The maximum absolute atomic E-state index is 12.6. The summed E-state index contributed by atoms with van der Waals surface area (Å²) in [6.07, 6.45) is 0. The van der Waals surface area contributed by atoms with E-state index in [1.165, 1.54) is 53.6 Å². The zero-order valence-corrected chi connectivity index (χ0v) is 16.6. The number of rotatable bonds is 7. The van der Waals surface area contributed by atoms with Crippen LogP contribution in [0.4, 0.5) is 5.69 Å². The molecule has 1 N–H and O–H groups in total. The summed E-state index contributed by atoms with van der Waals surface area (Å²) in [5.74, 6) is 0.657. The van der Waals surface area contributed by atoms with Crippen molar-refractivity contribution in [3.8, 4) is 17.2 Å². The quantitative estimate of drug-likeness (QED) is 0.774. The fourth-order valence-electron chi connectivity index (χ4n) is 2.31. The van der Waals surface area contributed by atoms with Gasteiger partial charge in [0.1, 0.15) is 22.1 Å². The molecule has 0 spiro atoms. The maximum Gasteiger partial charge on any atom is 0.255 e. The topological polar surface area (TPSA) is 94.2 Å². The molecule has 0 saturated heterocycles. The summed E-state index contributed by atoms with van der Waals surface area (Å²) >= 11 is 0. The number of benzene rings is 2. The smallest absolute Gasteiger partial charge is 0.255 e. The van der Waals surface area contributed by atoms with E-state index in [4.69, 9.17) is 14.2 Å². The number of ether oxygens (including phenoxy) is 3. The monoisotopic (exact) mass is 394 g/mol. The van der Waals surface area contributed by atoms with E-state index in [-0.39, 0.29) is 16.2 Å². The number of hydrogen-bond acceptors (Lipinski definition) is 6. The number of nitrogens with one attached hydrogen (secondary N) is 1. The SMILES string of the molecule is COc1ccc(NC(=O)c2ccc(OC)c(S(=O)(=O)N(C)C)c2)c(OC)c1. The molecule has 146 valence electrons. The van der Waals surface area contributed by atoms with E-state index in [9.17, 15) is 13.2 Å². The molecule has 0 unspecified atom stereocenters. The van der Waals surface area contributed by atoms with Crippen LogP contribution < -0.4 is 19.5 Å². The van der Waals surface area contributed by atoms with Gasteiger partial charge in [0.25, 0.3) is 5.91 Å². The van der Waals surface area contributed by atoms with Crippen LogP contribution in [-0.4, -0.2) is 54.1 Å². The van der Waals surface area contributed by atoms with Gasteiger partial charge in [0, 0.05) is 25.7 Å². The van der Waals surface area contributed by atoms with E-state index in [0.717, 1.165) is 4.31 Å². The largest absolute Gasteiger partial charge is 0.497 e. The Balaban J connectivity index is 2.40. The van der Waals surface area contributed by atoms with E-state index in [0.29, 0.717) is 17.2 Å². The molecule has 0 atom stereocenters. The molecule has 0 aromatic heterocycles. The molecule has 0 bridgehead atoms. The first-order valence-corrected chi connectivity index (χ1v) is 9.32. The summed E-state index contributed by atoms with van der Waals surface area (Å²) in [4.78, 5) is 12.5. The number of hydrogen-bond donors (Lipinski definition) is 1. The van der Waals surface area contributed by atoms with Gasteiger partial charge in [-0.3, -0.25) is 4.79 Å². The van der Waals surface area contributed by atoms with Crippen molar-refractivity contribution < 1.29 is 27.4 Å². The molecule has 2 aromatic carbocycles. The van der Waals surface area contributed by atoms with Crippen LogP contribution in [-0.2, 0) is 10.0 Å². The molecule has 0 radical (unpaired) electrons. The molecule has 0 aliphatic carbocycles. The average molecular weight is 394 g/mol. The van der Waals surface area contributed by atoms with Gasteiger partial charge in [0.2, 0.25) is 10.0 Å². The van der Waals surface area contributed by atoms with Gasteiger partial charge in [-0.15, -0.1) is 0 Å². The Bertz CT molecular complexity index is 941. The van der Waals surface area contributed by atoms with Crippen LogP contribution in [0, 0.1) is 0 Å². The minimum absolute atomic E-state index is 0.0932. The lowest BCUT2D eigenvalue weighted by Gasteiger charge is -2.16. The van der Waals surface area contributed by atoms with Crippen LogP contribution in [0.25, 0.3) is 0 Å². The lowest BCUT2D eigenvalue weighted by Crippen LogP contribution is -2.23. The minimum atomic E-state index is -3.78. The highest BCUT2D eigenvalue weighted by molar-refractivity contribution is 7.89. The Morgan fingerprint density at radius 3 is 2.15 bits per heavy atom. The molecular formula is C18H22N2O6S. The molecule has 1 amide bonds. The minimum Gasteiger partial charge on any atom is -0.497 e. The van der Waals surface area contributed by atoms with Crippen LogP contribution in [0.3, 0.4) is 0 Å². The van der Waals surface area contributed by atoms with E-state index >= 15 is 0 Å². The third-order valence-corrected chi connectivity index (χ3v) is 5.68. The Morgan fingerprint density at radius 2 is 1.59 bits per heavy atom. The van der Waals surface area contributed by atoms with Gasteiger partial charge < -0.3 is 19.5 Å². The number of methoxy groups -OCH3 is 3. The second-order valence-corrected chi connectivity index (χ2v) is 7.79. The molecule has 2 rings (SSSR count). The van der Waals surface area contributed by atoms with Gasteiger partial charge in [-0.05, 0) is 30.3 Å². The first-order valence-electron chi connectivity index (χ1n) is 7.88. The molecule has 8 nitrogen and oxygen atoms in total. The Labute approximate surface area is 158 Å². The molecule has 0 saturated carbocycles. The van der Waals surface area contributed by atoms with Crippen LogP contribution in [0.2, 0.25) is 0 Å². The van der Waals surface area contributed by atoms with Crippen molar-refractivity contribution in [3.05, 3.63) is 42.0 Å². The number of carbonyl (C=O) groups excluding carboxylic acids is 1. The highest BCUT2D eigenvalue weighted by Gasteiger charge is 2.24. The third-order valence-electron chi connectivity index (χ3n) is 3.84. The summed E-state index contributed by atoms with van der Waals surface area (Å²) in [5, 5.41) is 2.71. The van der Waals surface area contributed by atoms with Crippen molar-refractivity contribution in [2.45, 2.75) is 4.90 Å². The normalized spacial score (nSPS) is 11.2. The second-order valence-electron chi connectivity index (χ2n) is 5.67. The van der Waals surface area contributed by atoms with Crippen LogP contribution in [0.15, 0.2) is 41.3 Å². The number of sulfonamides is 1. The van der Waals surface area contributed by atoms with Crippen molar-refractivity contribution in [1.29, 1.82) is 0 Å². The van der Waals surface area contributed by atoms with Gasteiger partial charge in [-0.2, -0.15) is 0 Å². The summed E-state index contributed by atoms with van der Waals surface area (Å²) in [5.41, 5.74) is 0.588. The molecule has 0 aliphatic heterocycles. The first kappa shape index (κ1) is 20.5. The van der Waals surface area contributed by atoms with E-state index < -0.39 is 15.9 Å². The Morgan fingerprint density at radius 1 is 0.926 bits per heavy atom. The molecule has 27 heavy (non-hydrogen) atoms. The fraction of sp³-hybridized carbons (Fsp3) is 0.278. The summed E-state index contributed by atoms with van der Waals surface area (Å²) < 4.78 is 41.5. The van der Waals surface area contributed by atoms with E-state index in [1.807, 2.05) is 0 Å². The van der Waals surface area contributed by atoms with Gasteiger partial charge in [-0.1, -0.05) is 0 Å². The standard InChI is InChI=1S/C18H22N2O6S/c1-20(2)27(22,23)17-10-12(6-9-15(17)25-4)18(21)19-14-8-7-13(24-3)11-16(14)26-5/h6-11H,1-5H3,(H,19,21). The summed E-state index contributed by atoms with van der Waals surface area (Å²) in [6.45, 7) is 0. The van der Waals surface area contributed by atoms with Crippen molar-refractivity contribution in [2.24, 2.45) is 0 Å². The predicted octanol–water partition coefficient (Wildman–Crippen LogP) is 2.21. The number of anilines is 1.